The third kappa shape index (κ3) is 14.4. The number of alkyl halides is 1. The van der Waals surface area contributed by atoms with Crippen molar-refractivity contribution in [2.45, 2.75) is 201 Å². The summed E-state index contributed by atoms with van der Waals surface area (Å²) in [5.41, 5.74) is 0. The highest BCUT2D eigenvalue weighted by Crippen LogP contribution is 2.39. The van der Waals surface area contributed by atoms with E-state index in [4.69, 9.17) is 37.9 Å². The second kappa shape index (κ2) is 26.5. The summed E-state index contributed by atoms with van der Waals surface area (Å²) in [6.45, 7) is 0.342. The van der Waals surface area contributed by atoms with Crippen LogP contribution in [0, 0.1) is 0 Å². The molecule has 0 bridgehead atoms. The van der Waals surface area contributed by atoms with E-state index in [1.54, 1.807) is 0 Å². The summed E-state index contributed by atoms with van der Waals surface area (Å²) in [7, 11) is 1.31. The predicted molar refractivity (Wildman–Crippen MR) is 220 cm³/mol. The number of esters is 1. The van der Waals surface area contributed by atoms with Gasteiger partial charge in [0, 0.05) is 33.3 Å². The van der Waals surface area contributed by atoms with Crippen molar-refractivity contribution in [2.75, 3.05) is 33.5 Å². The van der Waals surface area contributed by atoms with Crippen LogP contribution in [0.4, 0.5) is 4.39 Å². The smallest absolute Gasteiger partial charge is 0.364 e. The summed E-state index contributed by atoms with van der Waals surface area (Å²) in [6.07, 6.45) is -31.6. The van der Waals surface area contributed by atoms with Crippen molar-refractivity contribution in [2.24, 2.45) is 0 Å². The van der Waals surface area contributed by atoms with Crippen LogP contribution in [-0.2, 0) is 61.8 Å². The van der Waals surface area contributed by atoms with Gasteiger partial charge in [0.05, 0.1) is 45.2 Å². The SMILES string of the molecule is COC(=O)CCCCCCCCOC1OC(CO)C(O[C@@H]2OC(C)[C@H](O)C(O)C2F)[C@@H](OC2OC(CO)[C@@H](O)C(O[C@]3(C(=O)O)CC(O)[C@@H](NC(C)=O)C(C(O)C(O)CO)O3)C2O)C1NC(C)=O. The first kappa shape index (κ1) is 57.7. The molecule has 2 amide bonds. The van der Waals surface area contributed by atoms with Gasteiger partial charge in [-0.05, 0) is 19.8 Å². The third-order valence-corrected chi connectivity index (χ3v) is 12.2. The lowest BCUT2D eigenvalue weighted by atomic mass is 9.88. The summed E-state index contributed by atoms with van der Waals surface area (Å²) in [5, 5.41) is 122. The van der Waals surface area contributed by atoms with Crippen LogP contribution >= 0.6 is 0 Å². The van der Waals surface area contributed by atoms with Crippen molar-refractivity contribution < 1.29 is 122 Å². The minimum absolute atomic E-state index is 0.00657. The molecule has 0 aromatic heterocycles. The van der Waals surface area contributed by atoms with Crippen LogP contribution in [-0.4, -0.2) is 242 Å². The molecule has 4 aliphatic heterocycles. The first-order valence-electron chi connectivity index (χ1n) is 22.5. The van der Waals surface area contributed by atoms with Gasteiger partial charge in [0.2, 0.25) is 11.8 Å². The van der Waals surface area contributed by atoms with Gasteiger partial charge in [-0.1, -0.05) is 25.7 Å². The minimum atomic E-state index is -3.15. The van der Waals surface area contributed by atoms with Gasteiger partial charge < -0.3 is 109 Å². The molecule has 4 fully saturated rings. The Balaban J connectivity index is 1.69. The number of ether oxygens (including phenoxy) is 9. The molecular formula is C41H69FN2O24. The molecule has 4 aliphatic rings. The molecule has 27 heteroatoms. The second-order valence-corrected chi connectivity index (χ2v) is 17.3. The number of methoxy groups -OCH3 is 1. The van der Waals surface area contributed by atoms with Crippen LogP contribution in [0.15, 0.2) is 0 Å². The van der Waals surface area contributed by atoms with Gasteiger partial charge in [-0.2, -0.15) is 0 Å². The third-order valence-electron chi connectivity index (χ3n) is 12.2. The van der Waals surface area contributed by atoms with Gasteiger partial charge >= 0.3 is 11.9 Å². The first-order valence-corrected chi connectivity index (χ1v) is 22.5. The quantitative estimate of drug-likeness (QED) is 0.0317. The molecule has 15 unspecified atom stereocenters. The fourth-order valence-corrected chi connectivity index (χ4v) is 8.47. The van der Waals surface area contributed by atoms with E-state index in [0.717, 1.165) is 33.1 Å². The van der Waals surface area contributed by atoms with E-state index in [0.29, 0.717) is 19.3 Å². The Morgan fingerprint density at radius 1 is 0.735 bits per heavy atom. The fourth-order valence-electron chi connectivity index (χ4n) is 8.47. The second-order valence-electron chi connectivity index (χ2n) is 17.3. The highest BCUT2D eigenvalue weighted by molar-refractivity contribution is 5.77. The number of nitrogens with one attached hydrogen (secondary N) is 2. The topological polar surface area (TPSA) is 398 Å². The summed E-state index contributed by atoms with van der Waals surface area (Å²) in [4.78, 5) is 49.4. The lowest BCUT2D eigenvalue weighted by Gasteiger charge is -2.51. The molecule has 0 radical (unpaired) electrons. The number of carboxylic acid groups (broad SMARTS) is 1. The van der Waals surface area contributed by atoms with Crippen LogP contribution in [0.5, 0.6) is 0 Å². The predicted octanol–water partition coefficient (Wildman–Crippen LogP) is -5.32. The number of aliphatic carboxylic acids is 1. The zero-order chi connectivity index (χ0) is 50.6. The van der Waals surface area contributed by atoms with Gasteiger partial charge in [0.25, 0.3) is 5.79 Å². The van der Waals surface area contributed by atoms with Crippen LogP contribution in [0.3, 0.4) is 0 Å². The molecule has 21 atom stereocenters. The number of rotatable bonds is 24. The fraction of sp³-hybridized carbons (Fsp3) is 0.902. The Labute approximate surface area is 390 Å². The Morgan fingerprint density at radius 3 is 1.91 bits per heavy atom. The number of unbranched alkanes of at least 4 members (excludes halogenated alkanes) is 5. The van der Waals surface area contributed by atoms with E-state index in [2.05, 4.69) is 15.4 Å². The number of carbonyl (C=O) groups is 4. The maximum atomic E-state index is 15.6. The largest absolute Gasteiger partial charge is 0.477 e. The first-order chi connectivity index (χ1) is 32.1. The van der Waals surface area contributed by atoms with Gasteiger partial charge in [0.15, 0.2) is 25.0 Å². The molecule has 4 heterocycles. The molecule has 4 rings (SSSR count). The maximum Gasteiger partial charge on any atom is 0.364 e. The van der Waals surface area contributed by atoms with Crippen molar-refractivity contribution >= 4 is 23.8 Å². The molecular weight excluding hydrogens is 923 g/mol. The lowest BCUT2D eigenvalue weighted by molar-refractivity contribution is -0.389. The van der Waals surface area contributed by atoms with Gasteiger partial charge in [0.1, 0.15) is 79.3 Å². The summed E-state index contributed by atoms with van der Waals surface area (Å²) in [6, 6.07) is -3.14. The van der Waals surface area contributed by atoms with E-state index in [1.807, 2.05) is 0 Å². The van der Waals surface area contributed by atoms with Gasteiger partial charge in [-0.3, -0.25) is 14.4 Å². The van der Waals surface area contributed by atoms with E-state index in [9.17, 15) is 75.3 Å². The highest BCUT2D eigenvalue weighted by atomic mass is 19.1. The summed E-state index contributed by atoms with van der Waals surface area (Å²) in [5.74, 6) is -7.00. The molecule has 0 aliphatic carbocycles. The van der Waals surface area contributed by atoms with Crippen molar-refractivity contribution in [1.82, 2.24) is 10.6 Å². The lowest BCUT2D eigenvalue weighted by Crippen LogP contribution is -2.71. The average molecular weight is 993 g/mol. The number of halogens is 1. The molecule has 394 valence electrons. The number of amides is 2. The van der Waals surface area contributed by atoms with Crippen molar-refractivity contribution in [1.29, 1.82) is 0 Å². The number of hydrogen-bond donors (Lipinski definition) is 13. The van der Waals surface area contributed by atoms with Crippen LogP contribution in [0.1, 0.15) is 72.1 Å². The number of hydrogen-bond acceptors (Lipinski definition) is 23. The molecule has 13 N–H and O–H groups in total. The Morgan fingerprint density at radius 2 is 1.32 bits per heavy atom. The molecule has 0 saturated carbocycles. The van der Waals surface area contributed by atoms with Gasteiger partial charge in [-0.25, -0.2) is 9.18 Å². The molecule has 68 heavy (non-hydrogen) atoms. The summed E-state index contributed by atoms with van der Waals surface area (Å²) < 4.78 is 67.4. The van der Waals surface area contributed by atoms with Gasteiger partial charge in [-0.15, -0.1) is 0 Å². The average Bonchev–Trinajstić information content (AvgIpc) is 3.30. The van der Waals surface area contributed by atoms with Crippen LogP contribution < -0.4 is 10.6 Å². The number of carbonyl (C=O) groups excluding carboxylic acids is 3. The minimum Gasteiger partial charge on any atom is -0.477 e. The normalized spacial score (nSPS) is 39.6. The monoisotopic (exact) mass is 992 g/mol. The van der Waals surface area contributed by atoms with E-state index >= 15 is 4.39 Å². The molecule has 0 spiro atoms. The molecule has 0 aromatic carbocycles. The van der Waals surface area contributed by atoms with Crippen molar-refractivity contribution in [3.8, 4) is 0 Å². The maximum absolute atomic E-state index is 15.6. The Bertz CT molecular complexity index is 1610. The molecule has 26 nitrogen and oxygen atoms in total. The van der Waals surface area contributed by atoms with Crippen molar-refractivity contribution in [3.63, 3.8) is 0 Å². The van der Waals surface area contributed by atoms with Crippen LogP contribution in [0.2, 0.25) is 0 Å². The number of aliphatic hydroxyl groups excluding tert-OH is 10. The standard InChI is InChI=1S/C41H69FN2O24/c1-17-28(53)31(56)25(42)37(62-17)65-33-23(16-47)64-38(61-12-10-8-6-5-7-9-11-24(52)60-4)27(44-19(3)49)35(33)66-39-32(57)36(30(55)22(15-46)63-39)68-41(40(58)59)13-20(50)26(43-18(2)48)34(67-41)29(54)21(51)14-45/h17,20-23,25-39,45-47,50-51,53-57H,5-16H2,1-4H3,(H,43,48)(H,44,49)(H,58,59)/t17?,20?,21?,22?,23?,25?,26-,27?,28+,29?,30-,31?,32?,33?,34?,35+,36?,37+,38?,39?,41+/m1/s1. The van der Waals surface area contributed by atoms with Crippen molar-refractivity contribution in [3.05, 3.63) is 0 Å². The van der Waals surface area contributed by atoms with E-state index < -0.39 is 172 Å². The van der Waals surface area contributed by atoms with E-state index in [-0.39, 0.29) is 19.0 Å². The number of carboxylic acids is 1. The summed E-state index contributed by atoms with van der Waals surface area (Å²) >= 11 is 0. The zero-order valence-corrected chi connectivity index (χ0v) is 38.1. The highest BCUT2D eigenvalue weighted by Gasteiger charge is 2.61. The Kier molecular flexibility index (Phi) is 22.5. The molecule has 4 saturated heterocycles. The Hall–Kier alpha value is -2.91. The number of aliphatic hydroxyl groups is 10. The van der Waals surface area contributed by atoms with E-state index in [1.165, 1.54) is 14.0 Å². The molecule has 0 aromatic rings. The van der Waals surface area contributed by atoms with Crippen LogP contribution in [0.25, 0.3) is 0 Å². The zero-order valence-electron chi connectivity index (χ0n) is 38.1.